The van der Waals surface area contributed by atoms with E-state index in [0.29, 0.717) is 24.6 Å². The van der Waals surface area contributed by atoms with Gasteiger partial charge in [-0.15, -0.1) is 0 Å². The fourth-order valence-corrected chi connectivity index (χ4v) is 4.11. The molecule has 6 nitrogen and oxygen atoms in total. The first-order valence-corrected chi connectivity index (χ1v) is 10.4. The van der Waals surface area contributed by atoms with Crippen molar-refractivity contribution in [3.63, 3.8) is 0 Å². The van der Waals surface area contributed by atoms with Gasteiger partial charge in [0.25, 0.3) is 5.91 Å². The summed E-state index contributed by atoms with van der Waals surface area (Å²) in [5, 5.41) is 11.8. The zero-order valence-electron chi connectivity index (χ0n) is 18.0. The van der Waals surface area contributed by atoms with Gasteiger partial charge in [-0.25, -0.2) is 0 Å². The van der Waals surface area contributed by atoms with E-state index in [4.69, 9.17) is 14.2 Å². The first kappa shape index (κ1) is 21.0. The summed E-state index contributed by atoms with van der Waals surface area (Å²) in [5.41, 5.74) is 1.91. The number of ether oxygens (including phenoxy) is 3. The highest BCUT2D eigenvalue weighted by molar-refractivity contribution is 6.00. The van der Waals surface area contributed by atoms with Gasteiger partial charge in [0.15, 0.2) is 18.1 Å². The number of aromatic hydroxyl groups is 1. The number of fused-ring (bicyclic) bond motifs is 1. The van der Waals surface area contributed by atoms with Crippen molar-refractivity contribution >= 4 is 16.7 Å². The second-order valence-electron chi connectivity index (χ2n) is 7.89. The van der Waals surface area contributed by atoms with Crippen LogP contribution in [0.25, 0.3) is 21.9 Å². The number of benzene rings is 3. The average molecular weight is 421 g/mol. The average Bonchev–Trinajstić information content (AvgIpc) is 2.77. The fourth-order valence-electron chi connectivity index (χ4n) is 4.11. The lowest BCUT2D eigenvalue weighted by Crippen LogP contribution is -2.49. The molecule has 1 amide bonds. The number of amides is 1. The molecule has 0 aliphatic carbocycles. The molecule has 6 heteroatoms. The minimum atomic E-state index is -0.0431. The van der Waals surface area contributed by atoms with E-state index in [1.807, 2.05) is 62.4 Å². The topological polar surface area (TPSA) is 68.2 Å². The Morgan fingerprint density at radius 1 is 1.03 bits per heavy atom. The molecule has 0 radical (unpaired) electrons. The molecule has 1 aliphatic heterocycles. The summed E-state index contributed by atoms with van der Waals surface area (Å²) >= 11 is 0. The number of phenols is 1. The number of methoxy groups -OCH3 is 1. The molecule has 0 spiro atoms. The SMILES string of the molecule is COc1cc(-c2ccc(OCC(=O)N3C[C@@H](C)O[C@@H](C)C3)c3ccccc23)ccc1O. The van der Waals surface area contributed by atoms with Gasteiger partial charge in [-0.2, -0.15) is 0 Å². The molecule has 0 bridgehead atoms. The highest BCUT2D eigenvalue weighted by Crippen LogP contribution is 2.37. The van der Waals surface area contributed by atoms with Gasteiger partial charge in [0.2, 0.25) is 0 Å². The minimum absolute atomic E-state index is 0.0180. The lowest BCUT2D eigenvalue weighted by molar-refractivity contribution is -0.145. The van der Waals surface area contributed by atoms with E-state index in [9.17, 15) is 9.90 Å². The largest absolute Gasteiger partial charge is 0.504 e. The molecular formula is C25H27NO5. The maximum Gasteiger partial charge on any atom is 0.260 e. The normalized spacial score (nSPS) is 18.7. The molecule has 3 aromatic rings. The highest BCUT2D eigenvalue weighted by atomic mass is 16.5. The van der Waals surface area contributed by atoms with E-state index < -0.39 is 0 Å². The standard InChI is InChI=1S/C25H27NO5/c1-16-13-26(14-17(2)31-16)25(28)15-30-23-11-9-19(20-6-4-5-7-21(20)23)18-8-10-22(27)24(12-18)29-3/h4-12,16-17,27H,13-15H2,1-3H3/t16-,17+. The zero-order valence-corrected chi connectivity index (χ0v) is 18.0. The molecule has 0 aromatic heterocycles. The van der Waals surface area contributed by atoms with Crippen LogP contribution in [0, 0.1) is 0 Å². The quantitative estimate of drug-likeness (QED) is 0.668. The Bertz CT molecular complexity index is 1090. The third-order valence-electron chi connectivity index (χ3n) is 5.50. The molecule has 1 heterocycles. The monoisotopic (exact) mass is 421 g/mol. The first-order chi connectivity index (χ1) is 15.0. The molecule has 0 unspecified atom stereocenters. The van der Waals surface area contributed by atoms with Gasteiger partial charge >= 0.3 is 0 Å². The van der Waals surface area contributed by atoms with Crippen molar-refractivity contribution in [2.45, 2.75) is 26.1 Å². The second kappa shape index (κ2) is 8.86. The second-order valence-corrected chi connectivity index (χ2v) is 7.89. The Balaban J connectivity index is 1.59. The number of carbonyl (C=O) groups excluding carboxylic acids is 1. The molecule has 1 saturated heterocycles. The van der Waals surface area contributed by atoms with Crippen LogP contribution in [0.1, 0.15) is 13.8 Å². The van der Waals surface area contributed by atoms with E-state index in [-0.39, 0.29) is 30.5 Å². The number of carbonyl (C=O) groups is 1. The van der Waals surface area contributed by atoms with Crippen LogP contribution < -0.4 is 9.47 Å². The van der Waals surface area contributed by atoms with Crippen LogP contribution in [0.4, 0.5) is 0 Å². The summed E-state index contributed by atoms with van der Waals surface area (Å²) in [5.74, 6) is 1.13. The lowest BCUT2D eigenvalue weighted by Gasteiger charge is -2.35. The molecule has 31 heavy (non-hydrogen) atoms. The van der Waals surface area contributed by atoms with E-state index in [1.165, 1.54) is 7.11 Å². The molecule has 3 aromatic carbocycles. The van der Waals surface area contributed by atoms with Crippen LogP contribution in [0.15, 0.2) is 54.6 Å². The van der Waals surface area contributed by atoms with Gasteiger partial charge in [-0.05, 0) is 48.6 Å². The summed E-state index contributed by atoms with van der Waals surface area (Å²) in [6.07, 6.45) is 0.0465. The maximum atomic E-state index is 12.7. The number of nitrogens with zero attached hydrogens (tertiary/aromatic N) is 1. The number of hydrogen-bond acceptors (Lipinski definition) is 5. The van der Waals surface area contributed by atoms with Crippen molar-refractivity contribution in [2.75, 3.05) is 26.8 Å². The molecular weight excluding hydrogens is 394 g/mol. The van der Waals surface area contributed by atoms with Crippen molar-refractivity contribution in [1.82, 2.24) is 4.90 Å². The van der Waals surface area contributed by atoms with Crippen LogP contribution in [-0.2, 0) is 9.53 Å². The molecule has 0 saturated carbocycles. The summed E-state index contributed by atoms with van der Waals surface area (Å²) in [4.78, 5) is 14.5. The van der Waals surface area contributed by atoms with E-state index in [0.717, 1.165) is 21.9 Å². The molecule has 1 aliphatic rings. The molecule has 4 rings (SSSR count). The van der Waals surface area contributed by atoms with E-state index in [2.05, 4.69) is 0 Å². The number of hydrogen-bond donors (Lipinski definition) is 1. The van der Waals surface area contributed by atoms with Gasteiger partial charge < -0.3 is 24.2 Å². The van der Waals surface area contributed by atoms with Crippen molar-refractivity contribution in [2.24, 2.45) is 0 Å². The van der Waals surface area contributed by atoms with Crippen LogP contribution in [-0.4, -0.2) is 54.9 Å². The van der Waals surface area contributed by atoms with Gasteiger partial charge in [0, 0.05) is 18.5 Å². The molecule has 162 valence electrons. The predicted molar refractivity (Wildman–Crippen MR) is 120 cm³/mol. The molecule has 2 atom stereocenters. The fraction of sp³-hybridized carbons (Fsp3) is 0.320. The Hall–Kier alpha value is -3.25. The van der Waals surface area contributed by atoms with Crippen LogP contribution in [0.3, 0.4) is 0 Å². The predicted octanol–water partition coefficient (Wildman–Crippen LogP) is 4.24. The zero-order chi connectivity index (χ0) is 22.0. The van der Waals surface area contributed by atoms with Crippen molar-refractivity contribution in [3.05, 3.63) is 54.6 Å². The van der Waals surface area contributed by atoms with Crippen molar-refractivity contribution < 1.29 is 24.1 Å². The third kappa shape index (κ3) is 4.44. The van der Waals surface area contributed by atoms with Gasteiger partial charge in [0.05, 0.1) is 19.3 Å². The molecule has 1 fully saturated rings. The summed E-state index contributed by atoms with van der Waals surface area (Å²) in [6.45, 7) is 5.09. The minimum Gasteiger partial charge on any atom is -0.504 e. The van der Waals surface area contributed by atoms with E-state index >= 15 is 0 Å². The van der Waals surface area contributed by atoms with Gasteiger partial charge in [0.1, 0.15) is 5.75 Å². The highest BCUT2D eigenvalue weighted by Gasteiger charge is 2.26. The summed E-state index contributed by atoms with van der Waals surface area (Å²) in [7, 11) is 1.53. The van der Waals surface area contributed by atoms with Gasteiger partial charge in [-0.1, -0.05) is 36.4 Å². The van der Waals surface area contributed by atoms with E-state index in [1.54, 1.807) is 11.0 Å². The Morgan fingerprint density at radius 2 is 1.74 bits per heavy atom. The van der Waals surface area contributed by atoms with Crippen LogP contribution >= 0.6 is 0 Å². The Kier molecular flexibility index (Phi) is 6.00. The first-order valence-electron chi connectivity index (χ1n) is 10.4. The van der Waals surface area contributed by atoms with Crippen LogP contribution in [0.5, 0.6) is 17.2 Å². The van der Waals surface area contributed by atoms with Crippen molar-refractivity contribution in [1.29, 1.82) is 0 Å². The maximum absolute atomic E-state index is 12.7. The Morgan fingerprint density at radius 3 is 2.45 bits per heavy atom. The molecule has 1 N–H and O–H groups in total. The third-order valence-corrected chi connectivity index (χ3v) is 5.50. The Labute approximate surface area is 182 Å². The number of phenolic OH excluding ortho intramolecular Hbond substituents is 1. The number of rotatable bonds is 5. The summed E-state index contributed by atoms with van der Waals surface area (Å²) < 4.78 is 16.9. The smallest absolute Gasteiger partial charge is 0.260 e. The van der Waals surface area contributed by atoms with Gasteiger partial charge in [-0.3, -0.25) is 4.79 Å². The van der Waals surface area contributed by atoms with Crippen LogP contribution in [0.2, 0.25) is 0 Å². The number of morpholine rings is 1. The summed E-state index contributed by atoms with van der Waals surface area (Å²) in [6, 6.07) is 17.0. The van der Waals surface area contributed by atoms with Crippen molar-refractivity contribution in [3.8, 4) is 28.4 Å². The lowest BCUT2D eigenvalue weighted by atomic mass is 9.97.